The van der Waals surface area contributed by atoms with Crippen molar-refractivity contribution in [2.45, 2.75) is 275 Å². The van der Waals surface area contributed by atoms with E-state index in [2.05, 4.69) is 75.3 Å². The zero-order chi connectivity index (χ0) is 49.6. The number of rotatable bonds is 7. The van der Waals surface area contributed by atoms with Gasteiger partial charge in [-0.2, -0.15) is 0 Å². The van der Waals surface area contributed by atoms with E-state index in [1.54, 1.807) is 24.6 Å². The van der Waals surface area contributed by atoms with Crippen LogP contribution in [-0.4, -0.2) is 70.2 Å². The number of nitrogens with zero attached hydrogens (tertiary/aromatic N) is 2. The number of likely N-dealkylation sites (tertiary alicyclic amines) is 1. The van der Waals surface area contributed by atoms with Crippen LogP contribution in [0.2, 0.25) is 0 Å². The van der Waals surface area contributed by atoms with Crippen molar-refractivity contribution in [2.24, 2.45) is 53.3 Å². The van der Waals surface area contributed by atoms with Gasteiger partial charge in [0, 0.05) is 39.0 Å². The lowest BCUT2D eigenvalue weighted by Gasteiger charge is -2.35. The van der Waals surface area contributed by atoms with Crippen molar-refractivity contribution < 1.29 is 19.8 Å². The smallest absolute Gasteiger partial charge is 0.225 e. The molecule has 0 aromatic rings. The zero-order valence-electron chi connectivity index (χ0n) is 46.7. The minimum atomic E-state index is -0.321. The lowest BCUT2D eigenvalue weighted by Crippen LogP contribution is -2.36. The van der Waals surface area contributed by atoms with Crippen LogP contribution in [0, 0.1) is 53.3 Å². The Morgan fingerprint density at radius 1 is 0.523 bits per heavy atom. The standard InChI is InChI=1S/2C9H18O.2C9H18.C9H16.C8H15NO.C6H13NO/c2*1-8(2)9(10)6-4-3-5-7-9;3*1-8(2)9-6-4-3-5-7-9;1-7(2)8(10)9-5-3-4-6-9;1-5(2)6(8)7(3)4/h2*8,10H,3-7H2,1-2H3;2*8-9H,3-7H2,1-2H3;6,8H,3-5,7H2,1-2H3;7H,3-6H2,1-2H3;5H,1-4H3. The summed E-state index contributed by atoms with van der Waals surface area (Å²) in [4.78, 5) is 25.6. The quantitative estimate of drug-likeness (QED) is 0.249. The van der Waals surface area contributed by atoms with Crippen LogP contribution in [0.15, 0.2) is 11.6 Å². The molecular weight excluding hydrogens is 801 g/mol. The van der Waals surface area contributed by atoms with E-state index in [4.69, 9.17) is 0 Å². The van der Waals surface area contributed by atoms with Crippen molar-refractivity contribution in [3.63, 3.8) is 0 Å². The fraction of sp³-hybridized carbons (Fsp3) is 0.932. The van der Waals surface area contributed by atoms with Gasteiger partial charge in [-0.05, 0) is 106 Å². The van der Waals surface area contributed by atoms with Crippen LogP contribution in [0.5, 0.6) is 0 Å². The van der Waals surface area contributed by atoms with E-state index in [-0.39, 0.29) is 28.9 Å². The number of carbonyl (C=O) groups excluding carboxylic acids is 2. The molecule has 1 saturated heterocycles. The summed E-state index contributed by atoms with van der Waals surface area (Å²) in [6, 6.07) is 0. The number of aliphatic hydroxyl groups is 2. The summed E-state index contributed by atoms with van der Waals surface area (Å²) in [7, 11) is 3.53. The lowest BCUT2D eigenvalue weighted by atomic mass is 9.77. The van der Waals surface area contributed by atoms with Gasteiger partial charge in [0.05, 0.1) is 11.2 Å². The number of carbonyl (C=O) groups is 2. The third-order valence-electron chi connectivity index (χ3n) is 15.7. The third-order valence-corrected chi connectivity index (χ3v) is 15.7. The van der Waals surface area contributed by atoms with E-state index in [1.165, 1.54) is 141 Å². The molecule has 0 unspecified atom stereocenters. The molecule has 0 aromatic heterocycles. The Morgan fingerprint density at radius 3 is 1.09 bits per heavy atom. The highest BCUT2D eigenvalue weighted by Gasteiger charge is 2.33. The fourth-order valence-corrected chi connectivity index (χ4v) is 10.3. The largest absolute Gasteiger partial charge is 0.390 e. The molecule has 2 amide bonds. The van der Waals surface area contributed by atoms with Crippen LogP contribution in [0.1, 0.15) is 264 Å². The summed E-state index contributed by atoms with van der Waals surface area (Å²) in [5.41, 5.74) is 1.04. The van der Waals surface area contributed by atoms with Crippen LogP contribution in [0.3, 0.4) is 0 Å². The van der Waals surface area contributed by atoms with Gasteiger partial charge in [0.1, 0.15) is 0 Å². The van der Waals surface area contributed by atoms with Crippen molar-refractivity contribution in [3.05, 3.63) is 11.6 Å². The highest BCUT2D eigenvalue weighted by Crippen LogP contribution is 2.35. The Hall–Kier alpha value is -1.40. The van der Waals surface area contributed by atoms with Crippen molar-refractivity contribution in [1.82, 2.24) is 9.80 Å². The van der Waals surface area contributed by atoms with Gasteiger partial charge in [-0.25, -0.2) is 0 Å². The number of amides is 2. The van der Waals surface area contributed by atoms with E-state index < -0.39 is 0 Å². The molecule has 1 aliphatic heterocycles. The molecule has 0 spiro atoms. The molecule has 6 aliphatic rings. The third kappa shape index (κ3) is 28.6. The van der Waals surface area contributed by atoms with Crippen molar-refractivity contribution in [2.75, 3.05) is 27.2 Å². The van der Waals surface area contributed by atoms with Gasteiger partial charge in [-0.15, -0.1) is 0 Å². The van der Waals surface area contributed by atoms with Crippen LogP contribution in [0.4, 0.5) is 0 Å². The topological polar surface area (TPSA) is 81.1 Å². The van der Waals surface area contributed by atoms with Crippen molar-refractivity contribution >= 4 is 11.8 Å². The molecule has 5 aliphatic carbocycles. The van der Waals surface area contributed by atoms with Crippen molar-refractivity contribution in [3.8, 4) is 0 Å². The minimum Gasteiger partial charge on any atom is -0.390 e. The van der Waals surface area contributed by atoms with E-state index in [0.717, 1.165) is 68.4 Å². The SMILES string of the molecule is CC(C)C(=O)N(C)C.CC(C)C(=O)N1CCCC1.CC(C)C1(O)CCCCC1.CC(C)C1(O)CCCCC1.CC(C)C1=CCCCC1.CC(C)C1CCCCC1.CC(C)C1CCCCC1. The summed E-state index contributed by atoms with van der Waals surface area (Å²) < 4.78 is 0. The second-order valence-electron chi connectivity index (χ2n) is 23.7. The Bertz CT molecular complexity index is 1130. The van der Waals surface area contributed by atoms with Gasteiger partial charge >= 0.3 is 0 Å². The van der Waals surface area contributed by atoms with Crippen LogP contribution >= 0.6 is 0 Å². The molecule has 0 radical (unpaired) electrons. The molecule has 4 saturated carbocycles. The summed E-state index contributed by atoms with van der Waals surface area (Å²) >= 11 is 0. The molecule has 5 fully saturated rings. The monoisotopic (exact) mass is 917 g/mol. The molecule has 0 aromatic carbocycles. The molecule has 1 heterocycles. The summed E-state index contributed by atoms with van der Waals surface area (Å²) in [6.45, 7) is 32.1. The van der Waals surface area contributed by atoms with E-state index in [0.29, 0.717) is 17.7 Å². The molecule has 65 heavy (non-hydrogen) atoms. The highest BCUT2D eigenvalue weighted by atomic mass is 16.3. The fourth-order valence-electron chi connectivity index (χ4n) is 10.3. The molecule has 2 N–H and O–H groups in total. The Morgan fingerprint density at radius 2 is 0.892 bits per heavy atom. The number of allylic oxidation sites excluding steroid dienone is 2. The predicted octanol–water partition coefficient (Wildman–Crippen LogP) is 16.3. The molecule has 0 atom stereocenters. The van der Waals surface area contributed by atoms with Gasteiger partial charge < -0.3 is 20.0 Å². The molecular formula is C59H116N2O4. The van der Waals surface area contributed by atoms with Crippen LogP contribution < -0.4 is 0 Å². The maximum Gasteiger partial charge on any atom is 0.225 e. The summed E-state index contributed by atoms with van der Waals surface area (Å²) in [5, 5.41) is 19.9. The van der Waals surface area contributed by atoms with E-state index in [1.807, 2.05) is 32.6 Å². The molecule has 6 heteroatoms. The van der Waals surface area contributed by atoms with Crippen molar-refractivity contribution in [1.29, 1.82) is 0 Å². The lowest BCUT2D eigenvalue weighted by molar-refractivity contribution is -0.133. The van der Waals surface area contributed by atoms with Gasteiger partial charge in [0.2, 0.25) is 11.8 Å². The Balaban J connectivity index is 0.000000736. The zero-order valence-corrected chi connectivity index (χ0v) is 46.7. The maximum absolute atomic E-state index is 11.3. The highest BCUT2D eigenvalue weighted by molar-refractivity contribution is 5.78. The second kappa shape index (κ2) is 35.7. The first kappa shape index (κ1) is 63.6. The summed E-state index contributed by atoms with van der Waals surface area (Å²) in [5.74, 6) is 6.46. The first-order valence-corrected chi connectivity index (χ1v) is 28.1. The van der Waals surface area contributed by atoms with Gasteiger partial charge in [-0.1, -0.05) is 211 Å². The van der Waals surface area contributed by atoms with E-state index in [9.17, 15) is 19.8 Å². The first-order valence-electron chi connectivity index (χ1n) is 28.1. The average molecular weight is 918 g/mol. The average Bonchev–Trinajstić information content (AvgIpc) is 3.84. The van der Waals surface area contributed by atoms with E-state index >= 15 is 0 Å². The Labute approximate surface area is 407 Å². The Kier molecular flexibility index (Phi) is 34.9. The summed E-state index contributed by atoms with van der Waals surface area (Å²) in [6.07, 6.45) is 36.8. The maximum atomic E-state index is 11.3. The van der Waals surface area contributed by atoms with Crippen LogP contribution in [-0.2, 0) is 9.59 Å². The molecule has 386 valence electrons. The predicted molar refractivity (Wildman–Crippen MR) is 284 cm³/mol. The van der Waals surface area contributed by atoms with Gasteiger partial charge in [0.15, 0.2) is 0 Å². The number of hydrogen-bond acceptors (Lipinski definition) is 4. The van der Waals surface area contributed by atoms with Gasteiger partial charge in [-0.3, -0.25) is 9.59 Å². The normalized spacial score (nSPS) is 20.9. The van der Waals surface area contributed by atoms with Gasteiger partial charge in [0.25, 0.3) is 0 Å². The first-order chi connectivity index (χ1) is 30.5. The second-order valence-corrected chi connectivity index (χ2v) is 23.7. The molecule has 6 nitrogen and oxygen atoms in total. The molecule has 6 rings (SSSR count). The number of hydrogen-bond donors (Lipinski definition) is 2. The molecule has 0 bridgehead atoms. The minimum absolute atomic E-state index is 0.130. The van der Waals surface area contributed by atoms with Crippen LogP contribution in [0.25, 0.3) is 0 Å².